The van der Waals surface area contributed by atoms with Crippen LogP contribution >= 0.6 is 27.3 Å². The van der Waals surface area contributed by atoms with Gasteiger partial charge >= 0.3 is 6.09 Å². The maximum atomic E-state index is 14.4. The van der Waals surface area contributed by atoms with Crippen molar-refractivity contribution in [3.8, 4) is 16.3 Å². The van der Waals surface area contributed by atoms with Crippen molar-refractivity contribution in [1.82, 2.24) is 9.47 Å². The fourth-order valence-electron chi connectivity index (χ4n) is 7.95. The monoisotopic (exact) mass is 663 g/mol. The molecule has 1 saturated heterocycles. The van der Waals surface area contributed by atoms with Crippen LogP contribution in [0.3, 0.4) is 0 Å². The van der Waals surface area contributed by atoms with E-state index in [1.807, 2.05) is 17.0 Å². The Morgan fingerprint density at radius 2 is 1.91 bits per heavy atom. The predicted octanol–water partition coefficient (Wildman–Crippen LogP) is 8.13. The van der Waals surface area contributed by atoms with Gasteiger partial charge in [0.25, 0.3) is 5.91 Å². The van der Waals surface area contributed by atoms with E-state index in [1.165, 1.54) is 34.3 Å². The van der Waals surface area contributed by atoms with Crippen molar-refractivity contribution in [3.63, 3.8) is 0 Å². The largest absolute Gasteiger partial charge is 0.496 e. The Balaban J connectivity index is 1.34. The lowest BCUT2D eigenvalue weighted by atomic mass is 9.70. The summed E-state index contributed by atoms with van der Waals surface area (Å²) in [6, 6.07) is 12.7. The smallest absolute Gasteiger partial charge is 0.404 e. The van der Waals surface area contributed by atoms with Gasteiger partial charge in [-0.1, -0.05) is 42.8 Å². The van der Waals surface area contributed by atoms with Crippen LogP contribution in [0.25, 0.3) is 31.6 Å². The molecule has 3 heterocycles. The van der Waals surface area contributed by atoms with E-state index in [-0.39, 0.29) is 17.2 Å². The molecule has 7 rings (SSSR count). The van der Waals surface area contributed by atoms with E-state index in [9.17, 15) is 9.59 Å². The van der Waals surface area contributed by atoms with E-state index in [0.29, 0.717) is 17.9 Å². The molecule has 0 radical (unpaired) electrons. The first kappa shape index (κ1) is 28.7. The number of piperidine rings is 1. The molecule has 2 amide bonds. The number of carbonyl (C=O) groups is 2. The van der Waals surface area contributed by atoms with Crippen LogP contribution in [-0.4, -0.2) is 46.8 Å². The van der Waals surface area contributed by atoms with Crippen molar-refractivity contribution in [3.05, 3.63) is 52.0 Å². The Hall–Kier alpha value is -3.04. The second-order valence-electron chi connectivity index (χ2n) is 13.6. The number of thiophene rings is 1. The van der Waals surface area contributed by atoms with Gasteiger partial charge < -0.3 is 24.7 Å². The number of nitrogens with two attached hydrogens (primary N) is 1. The summed E-state index contributed by atoms with van der Waals surface area (Å²) in [7, 11) is 1.67. The average molecular weight is 665 g/mol. The highest BCUT2D eigenvalue weighted by Crippen LogP contribution is 2.57. The van der Waals surface area contributed by atoms with E-state index >= 15 is 0 Å². The summed E-state index contributed by atoms with van der Waals surface area (Å²) in [6.07, 6.45) is 3.03. The lowest BCUT2D eigenvalue weighted by molar-refractivity contribution is -0.0359. The number of benzene rings is 2. The number of carbonyl (C=O) groups excluding carboxylic acids is 2. The standard InChI is InChI=1S/C34H38BrN3O4S/c1-18-28-26(41-5)13-22(31(39)38-17-21-10-11-34(38,33(2,3)4)30(21)42-32(36)40)14-27(28)43-29(18)25-12-20-8-9-23(35)15-24(20)37(25)16-19-6-7-19/h8-9,12-15,19,21,30H,6-7,10-11,16-17H2,1-5H3,(H2,36,40)/t21?,30-,34?/m1/s1. The topological polar surface area (TPSA) is 86.8 Å². The van der Waals surface area contributed by atoms with Crippen LogP contribution in [0, 0.1) is 24.2 Å². The summed E-state index contributed by atoms with van der Waals surface area (Å²) in [5.41, 5.74) is 8.77. The van der Waals surface area contributed by atoms with Crippen molar-refractivity contribution in [2.24, 2.45) is 23.0 Å². The zero-order valence-corrected chi connectivity index (χ0v) is 27.7. The number of fused-ring (bicyclic) bond motifs is 4. The highest BCUT2D eigenvalue weighted by atomic mass is 79.9. The van der Waals surface area contributed by atoms with Crippen LogP contribution in [0.4, 0.5) is 4.79 Å². The molecule has 226 valence electrons. The van der Waals surface area contributed by atoms with Crippen molar-refractivity contribution in [2.45, 2.75) is 71.6 Å². The summed E-state index contributed by atoms with van der Waals surface area (Å²) in [6.45, 7) is 10.1. The molecule has 3 atom stereocenters. The van der Waals surface area contributed by atoms with Crippen molar-refractivity contribution in [1.29, 1.82) is 0 Å². The van der Waals surface area contributed by atoms with E-state index in [0.717, 1.165) is 45.4 Å². The Kier molecular flexibility index (Phi) is 6.67. The molecule has 2 saturated carbocycles. The second-order valence-corrected chi connectivity index (χ2v) is 15.6. The van der Waals surface area contributed by atoms with Crippen LogP contribution in [-0.2, 0) is 11.3 Å². The van der Waals surface area contributed by atoms with Crippen LogP contribution in [0.5, 0.6) is 5.75 Å². The summed E-state index contributed by atoms with van der Waals surface area (Å²) in [4.78, 5) is 29.5. The van der Waals surface area contributed by atoms with Crippen molar-refractivity contribution >= 4 is 60.3 Å². The molecule has 2 aromatic heterocycles. The first-order valence-electron chi connectivity index (χ1n) is 15.1. The molecule has 2 unspecified atom stereocenters. The summed E-state index contributed by atoms with van der Waals surface area (Å²) < 4.78 is 16.3. The predicted molar refractivity (Wildman–Crippen MR) is 175 cm³/mol. The number of rotatable bonds is 6. The lowest BCUT2D eigenvalue weighted by Gasteiger charge is -2.49. The van der Waals surface area contributed by atoms with Gasteiger partial charge in [0.15, 0.2) is 0 Å². The fraction of sp³-hybridized carbons (Fsp3) is 0.471. The third kappa shape index (κ3) is 4.40. The van der Waals surface area contributed by atoms with E-state index < -0.39 is 17.7 Å². The van der Waals surface area contributed by atoms with Gasteiger partial charge in [0.2, 0.25) is 0 Å². The molecular formula is C34H38BrN3O4S. The minimum absolute atomic E-state index is 0.0595. The zero-order valence-electron chi connectivity index (χ0n) is 25.3. The highest BCUT2D eigenvalue weighted by molar-refractivity contribution is 9.10. The normalized spacial score (nSPS) is 23.4. The number of aromatic nitrogens is 1. The number of aryl methyl sites for hydroxylation is 1. The number of hydrogen-bond donors (Lipinski definition) is 1. The van der Waals surface area contributed by atoms with Gasteiger partial charge in [0, 0.05) is 50.0 Å². The van der Waals surface area contributed by atoms with Gasteiger partial charge in [0.05, 0.1) is 23.2 Å². The summed E-state index contributed by atoms with van der Waals surface area (Å²) in [5.74, 6) is 1.43. The molecule has 0 spiro atoms. The molecule has 2 aliphatic carbocycles. The SMILES string of the molecule is COc1cc(C(=O)N2CC3CCC2(C(C)(C)C)[C@@H]3OC(N)=O)cc2sc(-c3cc4ccc(Br)cc4n3CC3CC3)c(C)c12. The van der Waals surface area contributed by atoms with Crippen LogP contribution < -0.4 is 10.5 Å². The molecule has 2 aromatic carbocycles. The quantitative estimate of drug-likeness (QED) is 0.226. The number of nitrogens with zero attached hydrogens (tertiary/aromatic N) is 2. The highest BCUT2D eigenvalue weighted by Gasteiger charge is 2.66. The number of ether oxygens (including phenoxy) is 2. The third-order valence-corrected chi connectivity index (χ3v) is 11.9. The number of hydrogen-bond acceptors (Lipinski definition) is 5. The molecule has 3 fully saturated rings. The van der Waals surface area contributed by atoms with Gasteiger partial charge in [-0.2, -0.15) is 0 Å². The first-order chi connectivity index (χ1) is 20.4. The van der Waals surface area contributed by atoms with Gasteiger partial charge in [-0.25, -0.2) is 4.79 Å². The molecule has 43 heavy (non-hydrogen) atoms. The number of primary amides is 1. The molecule has 4 aromatic rings. The fourth-order valence-corrected chi connectivity index (χ4v) is 9.59. The van der Waals surface area contributed by atoms with E-state index in [1.54, 1.807) is 18.4 Å². The Morgan fingerprint density at radius 3 is 2.58 bits per heavy atom. The van der Waals surface area contributed by atoms with Crippen molar-refractivity contribution in [2.75, 3.05) is 13.7 Å². The van der Waals surface area contributed by atoms with E-state index in [2.05, 4.69) is 72.5 Å². The lowest BCUT2D eigenvalue weighted by Crippen LogP contribution is -2.60. The second kappa shape index (κ2) is 9.99. The molecule has 1 aliphatic heterocycles. The Labute approximate surface area is 264 Å². The molecule has 7 nitrogen and oxygen atoms in total. The maximum Gasteiger partial charge on any atom is 0.404 e. The molecule has 3 aliphatic rings. The van der Waals surface area contributed by atoms with Gasteiger partial charge in [-0.05, 0) is 79.8 Å². The number of amides is 2. The first-order valence-corrected chi connectivity index (χ1v) is 16.7. The summed E-state index contributed by atoms with van der Waals surface area (Å²) >= 11 is 5.40. The minimum atomic E-state index is -0.782. The number of methoxy groups -OCH3 is 1. The molecular weight excluding hydrogens is 626 g/mol. The van der Waals surface area contributed by atoms with Gasteiger partial charge in [-0.15, -0.1) is 11.3 Å². The Bertz CT molecular complexity index is 1800. The maximum absolute atomic E-state index is 14.4. The average Bonchev–Trinajstić information content (AvgIpc) is 3.36. The van der Waals surface area contributed by atoms with E-state index in [4.69, 9.17) is 15.2 Å². The number of halogens is 1. The molecule has 2 bridgehead atoms. The van der Waals surface area contributed by atoms with Crippen LogP contribution in [0.2, 0.25) is 0 Å². The van der Waals surface area contributed by atoms with Gasteiger partial charge in [0.1, 0.15) is 11.9 Å². The zero-order chi connectivity index (χ0) is 30.4. The Morgan fingerprint density at radius 1 is 1.14 bits per heavy atom. The molecule has 2 N–H and O–H groups in total. The molecule has 9 heteroatoms. The van der Waals surface area contributed by atoms with Crippen LogP contribution in [0.1, 0.15) is 62.4 Å². The number of likely N-dealkylation sites (tertiary alicyclic amines) is 1. The summed E-state index contributed by atoms with van der Waals surface area (Å²) in [5, 5.41) is 2.27. The minimum Gasteiger partial charge on any atom is -0.496 e. The van der Waals surface area contributed by atoms with Crippen molar-refractivity contribution < 1.29 is 19.1 Å². The third-order valence-electron chi connectivity index (χ3n) is 10.2. The van der Waals surface area contributed by atoms with Gasteiger partial charge in [-0.3, -0.25) is 4.79 Å². The van der Waals surface area contributed by atoms with Crippen LogP contribution in [0.15, 0.2) is 40.9 Å².